The molecule has 0 saturated carbocycles. The van der Waals surface area contributed by atoms with Gasteiger partial charge >= 0.3 is 0 Å². The number of nitrogens with zero attached hydrogens (tertiary/aromatic N) is 4. The van der Waals surface area contributed by atoms with Crippen molar-refractivity contribution in [3.8, 4) is 17.5 Å². The number of H-pyrrole nitrogens is 1. The molecule has 0 aliphatic rings. The van der Waals surface area contributed by atoms with E-state index < -0.39 is 0 Å². The molecule has 0 spiro atoms. The standard InChI is InChI=1S/C20H11N5/c21-9-17-16(10-22-11-23-17)20-24-18-14-7-3-1-5-12(14)13-6-2-4-8-15(13)19(18)25-20/h1-8,10-11H,(H,24,25). The van der Waals surface area contributed by atoms with Gasteiger partial charge in [-0.25, -0.2) is 15.0 Å². The summed E-state index contributed by atoms with van der Waals surface area (Å²) < 4.78 is 0. The van der Waals surface area contributed by atoms with Crippen molar-refractivity contribution < 1.29 is 0 Å². The Balaban J connectivity index is 1.97. The third-order valence-electron chi connectivity index (χ3n) is 4.45. The highest BCUT2D eigenvalue weighted by atomic mass is 14.9. The minimum absolute atomic E-state index is 0.308. The van der Waals surface area contributed by atoms with Gasteiger partial charge in [0.2, 0.25) is 0 Å². The van der Waals surface area contributed by atoms with Crippen LogP contribution in [0.5, 0.6) is 0 Å². The Bertz CT molecular complexity index is 1240. The summed E-state index contributed by atoms with van der Waals surface area (Å²) in [6.07, 6.45) is 2.99. The maximum atomic E-state index is 9.32. The van der Waals surface area contributed by atoms with Crippen LogP contribution in [0.15, 0.2) is 61.1 Å². The van der Waals surface area contributed by atoms with E-state index in [4.69, 9.17) is 4.98 Å². The second kappa shape index (κ2) is 5.11. The van der Waals surface area contributed by atoms with Gasteiger partial charge in [-0.1, -0.05) is 48.5 Å². The molecule has 0 radical (unpaired) electrons. The molecule has 0 unspecified atom stereocenters. The largest absolute Gasteiger partial charge is 0.337 e. The molecular weight excluding hydrogens is 310 g/mol. The number of benzene rings is 3. The van der Waals surface area contributed by atoms with Gasteiger partial charge in [0.15, 0.2) is 5.69 Å². The predicted molar refractivity (Wildman–Crippen MR) is 96.8 cm³/mol. The molecule has 5 rings (SSSR count). The van der Waals surface area contributed by atoms with Gasteiger partial charge < -0.3 is 4.98 Å². The van der Waals surface area contributed by atoms with Gasteiger partial charge in [-0.3, -0.25) is 0 Å². The summed E-state index contributed by atoms with van der Waals surface area (Å²) in [5.41, 5.74) is 2.76. The van der Waals surface area contributed by atoms with Crippen molar-refractivity contribution in [3.05, 3.63) is 66.7 Å². The van der Waals surface area contributed by atoms with Gasteiger partial charge in [0, 0.05) is 17.0 Å². The molecule has 0 fully saturated rings. The van der Waals surface area contributed by atoms with Crippen LogP contribution >= 0.6 is 0 Å². The lowest BCUT2D eigenvalue weighted by Gasteiger charge is -2.05. The zero-order chi connectivity index (χ0) is 16.8. The molecule has 0 aliphatic heterocycles. The van der Waals surface area contributed by atoms with E-state index >= 15 is 0 Å². The van der Waals surface area contributed by atoms with Gasteiger partial charge in [0.05, 0.1) is 16.6 Å². The normalized spacial score (nSPS) is 11.2. The van der Waals surface area contributed by atoms with Crippen molar-refractivity contribution in [2.24, 2.45) is 0 Å². The maximum Gasteiger partial charge on any atom is 0.154 e. The zero-order valence-corrected chi connectivity index (χ0v) is 13.1. The number of imidazole rings is 1. The second-order valence-corrected chi connectivity index (χ2v) is 5.80. The average Bonchev–Trinajstić information content (AvgIpc) is 3.14. The Hall–Kier alpha value is -3.78. The van der Waals surface area contributed by atoms with Crippen molar-refractivity contribution in [1.82, 2.24) is 19.9 Å². The summed E-state index contributed by atoms with van der Waals surface area (Å²) in [7, 11) is 0. The first kappa shape index (κ1) is 13.6. The minimum atomic E-state index is 0.308. The molecule has 2 heterocycles. The topological polar surface area (TPSA) is 78.2 Å². The maximum absolute atomic E-state index is 9.32. The van der Waals surface area contributed by atoms with Crippen LogP contribution in [-0.2, 0) is 0 Å². The van der Waals surface area contributed by atoms with Crippen molar-refractivity contribution >= 4 is 32.6 Å². The molecule has 116 valence electrons. The monoisotopic (exact) mass is 321 g/mol. The average molecular weight is 321 g/mol. The molecule has 5 aromatic rings. The number of aromatic amines is 1. The third-order valence-corrected chi connectivity index (χ3v) is 4.45. The molecule has 1 N–H and O–H groups in total. The summed E-state index contributed by atoms with van der Waals surface area (Å²) in [5, 5.41) is 13.8. The minimum Gasteiger partial charge on any atom is -0.337 e. The Morgan fingerprint density at radius 2 is 1.56 bits per heavy atom. The third kappa shape index (κ3) is 1.91. The van der Waals surface area contributed by atoms with E-state index in [1.54, 1.807) is 6.20 Å². The van der Waals surface area contributed by atoms with Gasteiger partial charge in [0.1, 0.15) is 18.2 Å². The Kier molecular flexibility index (Phi) is 2.79. The number of fused-ring (bicyclic) bond motifs is 6. The van der Waals surface area contributed by atoms with Crippen molar-refractivity contribution in [2.45, 2.75) is 0 Å². The highest BCUT2D eigenvalue weighted by Gasteiger charge is 2.15. The number of hydrogen-bond acceptors (Lipinski definition) is 4. The molecule has 25 heavy (non-hydrogen) atoms. The highest BCUT2D eigenvalue weighted by Crippen LogP contribution is 2.35. The lowest BCUT2D eigenvalue weighted by molar-refractivity contribution is 1.13. The zero-order valence-electron chi connectivity index (χ0n) is 13.1. The van der Waals surface area contributed by atoms with Crippen molar-refractivity contribution in [2.75, 3.05) is 0 Å². The molecule has 0 amide bonds. The van der Waals surface area contributed by atoms with Gasteiger partial charge in [-0.2, -0.15) is 5.26 Å². The van der Waals surface area contributed by atoms with Crippen LogP contribution < -0.4 is 0 Å². The van der Waals surface area contributed by atoms with Gasteiger partial charge in [0.25, 0.3) is 0 Å². The molecule has 2 aromatic heterocycles. The predicted octanol–water partition coefficient (Wildman–Crippen LogP) is 4.20. The SMILES string of the molecule is N#Cc1ncncc1-c1nc2c3ccccc3c3ccccc3c2[nH]1. The molecule has 0 aliphatic carbocycles. The van der Waals surface area contributed by atoms with E-state index in [9.17, 15) is 5.26 Å². The van der Waals surface area contributed by atoms with Crippen LogP contribution in [0.3, 0.4) is 0 Å². The highest BCUT2D eigenvalue weighted by molar-refractivity contribution is 6.23. The number of nitrogens with one attached hydrogen (secondary N) is 1. The van der Waals surface area contributed by atoms with Crippen LogP contribution in [0.25, 0.3) is 44.0 Å². The number of rotatable bonds is 1. The summed E-state index contributed by atoms with van der Waals surface area (Å²) in [4.78, 5) is 16.2. The second-order valence-electron chi connectivity index (χ2n) is 5.80. The van der Waals surface area contributed by atoms with Crippen LogP contribution in [0.2, 0.25) is 0 Å². The Labute approximate surface area is 142 Å². The van der Waals surface area contributed by atoms with Crippen LogP contribution in [0.4, 0.5) is 0 Å². The molecule has 0 bridgehead atoms. The van der Waals surface area contributed by atoms with E-state index in [-0.39, 0.29) is 0 Å². The van der Waals surface area contributed by atoms with Crippen molar-refractivity contribution in [3.63, 3.8) is 0 Å². The lowest BCUT2D eigenvalue weighted by Crippen LogP contribution is -1.91. The van der Waals surface area contributed by atoms with E-state index in [1.165, 1.54) is 11.7 Å². The lowest BCUT2D eigenvalue weighted by atomic mass is 10.0. The summed E-state index contributed by atoms with van der Waals surface area (Å²) in [5.74, 6) is 0.605. The summed E-state index contributed by atoms with van der Waals surface area (Å²) >= 11 is 0. The molecular formula is C20H11N5. The van der Waals surface area contributed by atoms with E-state index in [0.29, 0.717) is 17.1 Å². The molecule has 0 saturated heterocycles. The summed E-state index contributed by atoms with van der Waals surface area (Å²) in [6.45, 7) is 0. The quantitative estimate of drug-likeness (QED) is 0.469. The van der Waals surface area contributed by atoms with E-state index in [2.05, 4.69) is 45.3 Å². The first-order chi connectivity index (χ1) is 12.4. The van der Waals surface area contributed by atoms with Crippen LogP contribution in [0.1, 0.15) is 5.69 Å². The van der Waals surface area contributed by atoms with Crippen LogP contribution in [0, 0.1) is 11.3 Å². The van der Waals surface area contributed by atoms with Gasteiger partial charge in [-0.15, -0.1) is 0 Å². The molecule has 5 heteroatoms. The molecule has 3 aromatic carbocycles. The van der Waals surface area contributed by atoms with E-state index in [0.717, 1.165) is 27.2 Å². The Morgan fingerprint density at radius 1 is 0.880 bits per heavy atom. The molecule has 5 nitrogen and oxygen atoms in total. The first-order valence-electron chi connectivity index (χ1n) is 7.86. The number of aromatic nitrogens is 4. The number of nitriles is 1. The first-order valence-corrected chi connectivity index (χ1v) is 7.86. The number of hydrogen-bond donors (Lipinski definition) is 1. The summed E-state index contributed by atoms with van der Waals surface area (Å²) in [6, 6.07) is 18.6. The smallest absolute Gasteiger partial charge is 0.154 e. The fourth-order valence-corrected chi connectivity index (χ4v) is 3.34. The van der Waals surface area contributed by atoms with E-state index in [1.807, 2.05) is 24.3 Å². The van der Waals surface area contributed by atoms with Crippen molar-refractivity contribution in [1.29, 1.82) is 5.26 Å². The fourth-order valence-electron chi connectivity index (χ4n) is 3.34. The van der Waals surface area contributed by atoms with Crippen LogP contribution in [-0.4, -0.2) is 19.9 Å². The fraction of sp³-hybridized carbons (Fsp3) is 0. The molecule has 0 atom stereocenters. The Morgan fingerprint density at radius 3 is 2.32 bits per heavy atom. The van der Waals surface area contributed by atoms with Gasteiger partial charge in [-0.05, 0) is 10.8 Å².